The monoisotopic (exact) mass is 396 g/mol. The van der Waals surface area contributed by atoms with Gasteiger partial charge in [0.25, 0.3) is 0 Å². The van der Waals surface area contributed by atoms with Gasteiger partial charge in [0.05, 0.1) is 0 Å². The van der Waals surface area contributed by atoms with Gasteiger partial charge in [-0.15, -0.1) is 10.2 Å². The number of rotatable bonds is 5. The number of carbonyl (C=O) groups excluding carboxylic acids is 1. The molecule has 1 fully saturated rings. The van der Waals surface area contributed by atoms with E-state index in [2.05, 4.69) is 25.5 Å². The summed E-state index contributed by atoms with van der Waals surface area (Å²) in [5, 5.41) is 16.4. The Labute approximate surface area is 168 Å². The summed E-state index contributed by atoms with van der Waals surface area (Å²) in [5.74, 6) is 1.60. The lowest BCUT2D eigenvalue weighted by atomic mass is 9.96. The fraction of sp³-hybridized carbons (Fsp3) is 0.300. The van der Waals surface area contributed by atoms with Crippen molar-refractivity contribution in [3.63, 3.8) is 0 Å². The second kappa shape index (κ2) is 8.39. The number of hydrogen-bond donors (Lipinski definition) is 1. The quantitative estimate of drug-likeness (QED) is 0.717. The molecule has 28 heavy (non-hydrogen) atoms. The number of hydrogen-bond acceptors (Lipinski definition) is 5. The Morgan fingerprint density at radius 3 is 2.50 bits per heavy atom. The van der Waals surface area contributed by atoms with Gasteiger partial charge in [0, 0.05) is 43.0 Å². The lowest BCUT2D eigenvalue weighted by Crippen LogP contribution is -2.40. The van der Waals surface area contributed by atoms with Crippen LogP contribution in [0.25, 0.3) is 5.82 Å². The summed E-state index contributed by atoms with van der Waals surface area (Å²) in [6.07, 6.45) is 5.11. The number of halogens is 1. The molecular weight excluding hydrogens is 376 g/mol. The number of aromatic nitrogens is 4. The average Bonchev–Trinajstić information content (AvgIpc) is 3.28. The van der Waals surface area contributed by atoms with Crippen molar-refractivity contribution in [2.75, 3.05) is 18.0 Å². The van der Waals surface area contributed by atoms with E-state index in [4.69, 9.17) is 11.6 Å². The molecule has 1 amide bonds. The van der Waals surface area contributed by atoms with Gasteiger partial charge in [0.2, 0.25) is 5.91 Å². The minimum atomic E-state index is 0.00930. The molecular formula is C20H21ClN6O. The van der Waals surface area contributed by atoms with Gasteiger partial charge < -0.3 is 10.2 Å². The van der Waals surface area contributed by atoms with E-state index in [9.17, 15) is 4.79 Å². The van der Waals surface area contributed by atoms with Crippen LogP contribution in [0.4, 0.5) is 5.82 Å². The Bertz CT molecular complexity index is 920. The van der Waals surface area contributed by atoms with Crippen LogP contribution in [-0.4, -0.2) is 39.0 Å². The first-order valence-corrected chi connectivity index (χ1v) is 9.68. The van der Waals surface area contributed by atoms with Crippen LogP contribution in [0.5, 0.6) is 0 Å². The molecule has 144 valence electrons. The summed E-state index contributed by atoms with van der Waals surface area (Å²) in [4.78, 5) is 14.7. The van der Waals surface area contributed by atoms with Gasteiger partial charge in [0.15, 0.2) is 11.6 Å². The molecule has 0 bridgehead atoms. The predicted molar refractivity (Wildman–Crippen MR) is 107 cm³/mol. The van der Waals surface area contributed by atoms with Crippen molar-refractivity contribution in [3.05, 3.63) is 65.4 Å². The van der Waals surface area contributed by atoms with Crippen molar-refractivity contribution in [2.24, 2.45) is 5.92 Å². The average molecular weight is 397 g/mol. The van der Waals surface area contributed by atoms with Crippen LogP contribution in [-0.2, 0) is 11.3 Å². The number of piperidine rings is 1. The number of amides is 1. The topological polar surface area (TPSA) is 75.9 Å². The minimum absolute atomic E-state index is 0.00930. The van der Waals surface area contributed by atoms with Crippen molar-refractivity contribution in [1.82, 2.24) is 25.3 Å². The SMILES string of the molecule is O=C(NCc1ccccc1Cl)C1CCN(c2ccc(-n3cccn3)nn2)CC1. The smallest absolute Gasteiger partial charge is 0.223 e. The van der Waals surface area contributed by atoms with E-state index in [0.717, 1.165) is 37.3 Å². The van der Waals surface area contributed by atoms with Gasteiger partial charge in [-0.25, -0.2) is 4.68 Å². The molecule has 8 heteroatoms. The molecule has 3 aromatic rings. The number of nitrogens with one attached hydrogen (secondary N) is 1. The third-order valence-electron chi connectivity index (χ3n) is 4.98. The van der Waals surface area contributed by atoms with E-state index >= 15 is 0 Å². The molecule has 7 nitrogen and oxygen atoms in total. The largest absolute Gasteiger partial charge is 0.355 e. The molecule has 0 atom stereocenters. The van der Waals surface area contributed by atoms with E-state index < -0.39 is 0 Å². The summed E-state index contributed by atoms with van der Waals surface area (Å²) >= 11 is 6.15. The fourth-order valence-electron chi connectivity index (χ4n) is 3.35. The van der Waals surface area contributed by atoms with Gasteiger partial charge in [-0.05, 0) is 42.7 Å². The van der Waals surface area contributed by atoms with Crippen LogP contribution in [0.2, 0.25) is 5.02 Å². The molecule has 0 radical (unpaired) electrons. The molecule has 1 aliphatic heterocycles. The molecule has 1 aliphatic rings. The highest BCUT2D eigenvalue weighted by Crippen LogP contribution is 2.22. The van der Waals surface area contributed by atoms with E-state index in [-0.39, 0.29) is 11.8 Å². The third-order valence-corrected chi connectivity index (χ3v) is 5.34. The number of anilines is 1. The van der Waals surface area contributed by atoms with Crippen LogP contribution >= 0.6 is 11.6 Å². The summed E-state index contributed by atoms with van der Waals surface area (Å²) in [7, 11) is 0. The Balaban J connectivity index is 1.29. The molecule has 2 aromatic heterocycles. The fourth-order valence-corrected chi connectivity index (χ4v) is 3.56. The Morgan fingerprint density at radius 1 is 1.07 bits per heavy atom. The molecule has 3 heterocycles. The molecule has 0 unspecified atom stereocenters. The first-order valence-electron chi connectivity index (χ1n) is 9.30. The highest BCUT2D eigenvalue weighted by molar-refractivity contribution is 6.31. The summed E-state index contributed by atoms with van der Waals surface area (Å²) < 4.78 is 1.67. The lowest BCUT2D eigenvalue weighted by molar-refractivity contribution is -0.125. The van der Waals surface area contributed by atoms with E-state index in [0.29, 0.717) is 17.4 Å². The van der Waals surface area contributed by atoms with Crippen molar-refractivity contribution in [3.8, 4) is 5.82 Å². The summed E-state index contributed by atoms with van der Waals surface area (Å²) in [6, 6.07) is 13.3. The van der Waals surface area contributed by atoms with E-state index in [1.165, 1.54) is 0 Å². The summed E-state index contributed by atoms with van der Waals surface area (Å²) in [5.41, 5.74) is 0.933. The van der Waals surface area contributed by atoms with E-state index in [1.807, 2.05) is 48.7 Å². The van der Waals surface area contributed by atoms with Crippen LogP contribution in [0, 0.1) is 5.92 Å². The van der Waals surface area contributed by atoms with Crippen molar-refractivity contribution in [2.45, 2.75) is 19.4 Å². The van der Waals surface area contributed by atoms with Crippen molar-refractivity contribution < 1.29 is 4.79 Å². The maximum atomic E-state index is 12.5. The molecule has 0 aliphatic carbocycles. The van der Waals surface area contributed by atoms with Crippen molar-refractivity contribution >= 4 is 23.3 Å². The van der Waals surface area contributed by atoms with Crippen molar-refractivity contribution in [1.29, 1.82) is 0 Å². The third kappa shape index (κ3) is 4.14. The Morgan fingerprint density at radius 2 is 1.82 bits per heavy atom. The molecule has 1 saturated heterocycles. The first-order chi connectivity index (χ1) is 13.7. The zero-order valence-corrected chi connectivity index (χ0v) is 16.1. The van der Waals surface area contributed by atoms with Crippen LogP contribution in [0.1, 0.15) is 18.4 Å². The molecule has 1 N–H and O–H groups in total. The second-order valence-corrected chi connectivity index (χ2v) is 7.18. The second-order valence-electron chi connectivity index (χ2n) is 6.77. The standard InChI is InChI=1S/C20H21ClN6O/c21-17-5-2-1-4-16(17)14-22-20(28)15-8-12-26(13-9-15)18-6-7-19(25-24-18)27-11-3-10-23-27/h1-7,10-11,15H,8-9,12-14H2,(H,22,28). The maximum Gasteiger partial charge on any atom is 0.223 e. The van der Waals surface area contributed by atoms with Crippen LogP contribution in [0.3, 0.4) is 0 Å². The predicted octanol–water partition coefficient (Wildman–Crippen LogP) is 2.85. The number of nitrogens with zero attached hydrogens (tertiary/aromatic N) is 5. The maximum absolute atomic E-state index is 12.5. The van der Waals surface area contributed by atoms with Crippen LogP contribution in [0.15, 0.2) is 54.9 Å². The zero-order chi connectivity index (χ0) is 19.3. The van der Waals surface area contributed by atoms with Crippen LogP contribution < -0.4 is 10.2 Å². The van der Waals surface area contributed by atoms with Gasteiger partial charge in [-0.2, -0.15) is 5.10 Å². The first kappa shape index (κ1) is 18.4. The van der Waals surface area contributed by atoms with Gasteiger partial charge in [0.1, 0.15) is 0 Å². The Kier molecular flexibility index (Phi) is 5.53. The summed E-state index contributed by atoms with van der Waals surface area (Å²) in [6.45, 7) is 2.01. The minimum Gasteiger partial charge on any atom is -0.355 e. The number of carbonyl (C=O) groups is 1. The van der Waals surface area contributed by atoms with Gasteiger partial charge >= 0.3 is 0 Å². The normalized spacial score (nSPS) is 14.8. The van der Waals surface area contributed by atoms with E-state index in [1.54, 1.807) is 10.9 Å². The highest BCUT2D eigenvalue weighted by Gasteiger charge is 2.25. The molecule has 0 spiro atoms. The lowest BCUT2D eigenvalue weighted by Gasteiger charge is -2.31. The highest BCUT2D eigenvalue weighted by atomic mass is 35.5. The molecule has 4 rings (SSSR count). The molecule has 0 saturated carbocycles. The van der Waals surface area contributed by atoms with Gasteiger partial charge in [-0.3, -0.25) is 4.79 Å². The zero-order valence-electron chi connectivity index (χ0n) is 15.3. The van der Waals surface area contributed by atoms with Gasteiger partial charge in [-0.1, -0.05) is 29.8 Å². The molecule has 1 aromatic carbocycles. The Hall–Kier alpha value is -2.93. The number of benzene rings is 1.